The van der Waals surface area contributed by atoms with Crippen molar-refractivity contribution in [3.05, 3.63) is 80.6 Å². The van der Waals surface area contributed by atoms with Crippen LogP contribution in [0.25, 0.3) is 10.9 Å². The van der Waals surface area contributed by atoms with E-state index in [1.807, 2.05) is 43.3 Å². The maximum Gasteiger partial charge on any atom is 0.303 e. The molecule has 1 amide bonds. The topological polar surface area (TPSA) is 103 Å². The number of carbonyl (C=O) groups excluding carboxylic acids is 1. The third kappa shape index (κ3) is 4.29. The van der Waals surface area contributed by atoms with Crippen molar-refractivity contribution in [2.45, 2.75) is 38.6 Å². The second kappa shape index (κ2) is 8.96. The number of H-pyrrole nitrogens is 1. The highest BCUT2D eigenvalue weighted by atomic mass is 35.5. The minimum atomic E-state index is -0.948. The Labute approximate surface area is 189 Å². The number of carboxylic acid groups (broad SMARTS) is 1. The zero-order valence-corrected chi connectivity index (χ0v) is 18.2. The highest BCUT2D eigenvalue weighted by Crippen LogP contribution is 2.34. The molecule has 0 radical (unpaired) electrons. The van der Waals surface area contributed by atoms with E-state index in [0.717, 1.165) is 22.0 Å². The summed E-state index contributed by atoms with van der Waals surface area (Å²) in [4.78, 5) is 39.6. The number of para-hydroxylation sites is 1. The Morgan fingerprint density at radius 2 is 1.88 bits per heavy atom. The first-order chi connectivity index (χ1) is 15.3. The van der Waals surface area contributed by atoms with Gasteiger partial charge in [0.2, 0.25) is 5.91 Å². The average Bonchev–Trinajstić information content (AvgIpc) is 3.19. The number of aliphatic carboxylic acids is 1. The van der Waals surface area contributed by atoms with Gasteiger partial charge in [-0.1, -0.05) is 41.9 Å². The number of amides is 1. The lowest BCUT2D eigenvalue weighted by atomic mass is 9.95. The molecule has 0 saturated carbocycles. The number of fused-ring (bicyclic) bond motifs is 1. The molecule has 0 fully saturated rings. The normalized spacial score (nSPS) is 15.8. The first kappa shape index (κ1) is 21.8. The minimum Gasteiger partial charge on any atom is -0.481 e. The van der Waals surface area contributed by atoms with Crippen LogP contribution in [0, 0.1) is 6.92 Å². The third-order valence-corrected chi connectivity index (χ3v) is 5.92. The van der Waals surface area contributed by atoms with Crippen molar-refractivity contribution in [3.63, 3.8) is 0 Å². The molecular weight excluding hydrogens is 430 g/mol. The zero-order valence-electron chi connectivity index (χ0n) is 17.5. The Bertz CT molecular complexity index is 1280. The monoisotopic (exact) mass is 451 g/mol. The van der Waals surface area contributed by atoms with Crippen molar-refractivity contribution < 1.29 is 14.7 Å². The number of aromatic nitrogens is 1. The molecule has 1 aliphatic heterocycles. The number of nitrogens with one attached hydrogen (secondary N) is 1. The van der Waals surface area contributed by atoms with Crippen LogP contribution in [0.5, 0.6) is 0 Å². The van der Waals surface area contributed by atoms with Crippen molar-refractivity contribution in [2.75, 3.05) is 0 Å². The van der Waals surface area contributed by atoms with Crippen molar-refractivity contribution in [2.24, 2.45) is 5.10 Å². The molecule has 0 bridgehead atoms. The summed E-state index contributed by atoms with van der Waals surface area (Å²) in [6.07, 6.45) is 0.554. The number of nitrogens with zero attached hydrogens (tertiary/aromatic N) is 2. The van der Waals surface area contributed by atoms with Gasteiger partial charge in [0.1, 0.15) is 0 Å². The van der Waals surface area contributed by atoms with E-state index in [4.69, 9.17) is 16.7 Å². The van der Waals surface area contributed by atoms with Gasteiger partial charge in [0.25, 0.3) is 5.56 Å². The molecule has 1 aliphatic rings. The van der Waals surface area contributed by atoms with E-state index >= 15 is 0 Å². The average molecular weight is 452 g/mol. The highest BCUT2D eigenvalue weighted by molar-refractivity contribution is 6.30. The van der Waals surface area contributed by atoms with E-state index < -0.39 is 12.0 Å². The summed E-state index contributed by atoms with van der Waals surface area (Å²) in [6.45, 7) is 1.88. The van der Waals surface area contributed by atoms with E-state index in [2.05, 4.69) is 10.1 Å². The maximum absolute atomic E-state index is 13.0. The molecule has 1 unspecified atom stereocenters. The van der Waals surface area contributed by atoms with Gasteiger partial charge in [-0.15, -0.1) is 0 Å². The first-order valence-corrected chi connectivity index (χ1v) is 10.7. The predicted octanol–water partition coefficient (Wildman–Crippen LogP) is 4.42. The Balaban J connectivity index is 1.73. The van der Waals surface area contributed by atoms with Crippen molar-refractivity contribution in [1.29, 1.82) is 0 Å². The molecule has 7 nitrogen and oxygen atoms in total. The van der Waals surface area contributed by atoms with Crippen LogP contribution < -0.4 is 5.56 Å². The number of aryl methyl sites for hydroxylation is 1. The smallest absolute Gasteiger partial charge is 0.303 e. The number of aromatic amines is 1. The van der Waals surface area contributed by atoms with E-state index in [0.29, 0.717) is 22.7 Å². The fraction of sp³-hybridized carbons (Fsp3) is 0.250. The number of rotatable bonds is 6. The molecule has 2 N–H and O–H groups in total. The van der Waals surface area contributed by atoms with Crippen LogP contribution in [0.4, 0.5) is 0 Å². The van der Waals surface area contributed by atoms with Crippen molar-refractivity contribution in [1.82, 2.24) is 9.99 Å². The molecule has 2 heterocycles. The lowest BCUT2D eigenvalue weighted by Gasteiger charge is -2.22. The van der Waals surface area contributed by atoms with Gasteiger partial charge in [-0.3, -0.25) is 14.4 Å². The van der Waals surface area contributed by atoms with Crippen LogP contribution in [-0.4, -0.2) is 32.7 Å². The molecule has 4 rings (SSSR count). The van der Waals surface area contributed by atoms with Crippen LogP contribution in [-0.2, 0) is 9.59 Å². The molecule has 2 aromatic carbocycles. The summed E-state index contributed by atoms with van der Waals surface area (Å²) in [5.74, 6) is -1.23. The predicted molar refractivity (Wildman–Crippen MR) is 123 cm³/mol. The summed E-state index contributed by atoms with van der Waals surface area (Å²) >= 11 is 6.03. The van der Waals surface area contributed by atoms with Crippen LogP contribution in [0.15, 0.2) is 58.4 Å². The van der Waals surface area contributed by atoms with Gasteiger partial charge in [0, 0.05) is 35.2 Å². The molecule has 164 valence electrons. The standard InChI is InChI=1S/C24H22ClN3O4/c1-14-17-5-2-3-6-18(17)26-24(32)23(14)19-13-20(15-9-11-16(25)12-10-15)28(27-19)21(29)7-4-8-22(30)31/h2-3,5-6,9-12,20H,4,7-8,13H2,1H3,(H,26,32)(H,30,31). The third-order valence-electron chi connectivity index (χ3n) is 5.67. The summed E-state index contributed by atoms with van der Waals surface area (Å²) in [5.41, 5.74) is 3.13. The lowest BCUT2D eigenvalue weighted by molar-refractivity contribution is -0.137. The summed E-state index contributed by atoms with van der Waals surface area (Å²) in [5, 5.41) is 16.3. The van der Waals surface area contributed by atoms with Gasteiger partial charge in [0.15, 0.2) is 0 Å². The zero-order chi connectivity index (χ0) is 22.8. The SMILES string of the molecule is Cc1c(C2=NN(C(=O)CCCC(=O)O)C(c3ccc(Cl)cc3)C2)c(=O)[nH]c2ccccc12. The fourth-order valence-electron chi connectivity index (χ4n) is 4.10. The number of hydrazone groups is 1. The minimum absolute atomic E-state index is 0.0558. The largest absolute Gasteiger partial charge is 0.481 e. The number of carbonyl (C=O) groups is 2. The fourth-order valence-corrected chi connectivity index (χ4v) is 4.22. The number of halogens is 1. The Morgan fingerprint density at radius 1 is 1.16 bits per heavy atom. The van der Waals surface area contributed by atoms with E-state index in [-0.39, 0.29) is 30.7 Å². The number of hydrogen-bond donors (Lipinski definition) is 2. The second-order valence-corrected chi connectivity index (χ2v) is 8.24. The summed E-state index contributed by atoms with van der Waals surface area (Å²) < 4.78 is 0. The number of benzene rings is 2. The molecule has 1 atom stereocenters. The Kier molecular flexibility index (Phi) is 6.10. The molecule has 0 spiro atoms. The van der Waals surface area contributed by atoms with Crippen LogP contribution >= 0.6 is 11.6 Å². The highest BCUT2D eigenvalue weighted by Gasteiger charge is 2.34. The molecule has 3 aromatic rings. The number of pyridine rings is 1. The van der Waals surface area contributed by atoms with Crippen LogP contribution in [0.3, 0.4) is 0 Å². The van der Waals surface area contributed by atoms with Gasteiger partial charge < -0.3 is 10.1 Å². The number of hydrogen-bond acceptors (Lipinski definition) is 4. The lowest BCUT2D eigenvalue weighted by Crippen LogP contribution is -2.27. The van der Waals surface area contributed by atoms with Gasteiger partial charge in [-0.05, 0) is 42.7 Å². The van der Waals surface area contributed by atoms with Crippen molar-refractivity contribution in [3.8, 4) is 0 Å². The molecule has 32 heavy (non-hydrogen) atoms. The molecule has 0 aliphatic carbocycles. The van der Waals surface area contributed by atoms with E-state index in [1.165, 1.54) is 5.01 Å². The van der Waals surface area contributed by atoms with Crippen LogP contribution in [0.2, 0.25) is 5.02 Å². The van der Waals surface area contributed by atoms with E-state index in [9.17, 15) is 14.4 Å². The molecule has 0 saturated heterocycles. The van der Waals surface area contributed by atoms with Gasteiger partial charge >= 0.3 is 5.97 Å². The van der Waals surface area contributed by atoms with Gasteiger partial charge in [-0.2, -0.15) is 5.10 Å². The second-order valence-electron chi connectivity index (χ2n) is 7.80. The van der Waals surface area contributed by atoms with Crippen molar-refractivity contribution >= 4 is 40.1 Å². The summed E-state index contributed by atoms with van der Waals surface area (Å²) in [7, 11) is 0. The molecule has 8 heteroatoms. The molecular formula is C24H22ClN3O4. The first-order valence-electron chi connectivity index (χ1n) is 10.3. The van der Waals surface area contributed by atoms with Gasteiger partial charge in [-0.25, -0.2) is 5.01 Å². The van der Waals surface area contributed by atoms with Gasteiger partial charge in [0.05, 0.1) is 17.3 Å². The summed E-state index contributed by atoms with van der Waals surface area (Å²) in [6, 6.07) is 14.3. The Morgan fingerprint density at radius 3 is 2.59 bits per heavy atom. The molecule has 1 aromatic heterocycles. The quantitative estimate of drug-likeness (QED) is 0.578. The Hall–Kier alpha value is -3.45. The van der Waals surface area contributed by atoms with E-state index in [1.54, 1.807) is 12.1 Å². The number of carboxylic acids is 1. The maximum atomic E-state index is 13.0. The van der Waals surface area contributed by atoms with Crippen LogP contribution in [0.1, 0.15) is 48.4 Å².